The van der Waals surface area contributed by atoms with Gasteiger partial charge in [-0.1, -0.05) is 38.1 Å². The number of benzene rings is 1. The van der Waals surface area contributed by atoms with Gasteiger partial charge in [0.15, 0.2) is 0 Å². The average Bonchev–Trinajstić information content (AvgIpc) is 2.14. The van der Waals surface area contributed by atoms with Crippen molar-refractivity contribution >= 4 is 5.57 Å². The average molecular weight is 188 g/mol. The lowest BCUT2D eigenvalue weighted by molar-refractivity contribution is 0.824. The second-order valence-electron chi connectivity index (χ2n) is 3.97. The van der Waals surface area contributed by atoms with E-state index in [1.165, 1.54) is 35.1 Å². The normalized spacial score (nSPS) is 10.2. The van der Waals surface area contributed by atoms with Crippen molar-refractivity contribution in [1.29, 1.82) is 0 Å². The van der Waals surface area contributed by atoms with Gasteiger partial charge in [-0.25, -0.2) is 0 Å². The van der Waals surface area contributed by atoms with Gasteiger partial charge in [-0.3, -0.25) is 0 Å². The van der Waals surface area contributed by atoms with Crippen molar-refractivity contribution in [2.75, 3.05) is 0 Å². The zero-order valence-electron chi connectivity index (χ0n) is 9.56. The lowest BCUT2D eigenvalue weighted by Gasteiger charge is -2.12. The molecule has 0 fully saturated rings. The molecule has 0 unspecified atom stereocenters. The smallest absolute Gasteiger partial charge is 0.0172 e. The van der Waals surface area contributed by atoms with E-state index >= 15 is 0 Å². The molecule has 0 aliphatic carbocycles. The van der Waals surface area contributed by atoms with Crippen LogP contribution < -0.4 is 0 Å². The fourth-order valence-corrected chi connectivity index (χ4v) is 1.89. The summed E-state index contributed by atoms with van der Waals surface area (Å²) in [7, 11) is 0. The van der Waals surface area contributed by atoms with Gasteiger partial charge in [0.25, 0.3) is 0 Å². The number of hydrogen-bond donors (Lipinski definition) is 0. The first-order chi connectivity index (χ1) is 6.66. The van der Waals surface area contributed by atoms with Crippen LogP contribution >= 0.6 is 0 Å². The van der Waals surface area contributed by atoms with Gasteiger partial charge in [-0.05, 0) is 49.0 Å². The van der Waals surface area contributed by atoms with Gasteiger partial charge in [0, 0.05) is 0 Å². The minimum absolute atomic E-state index is 1.13. The van der Waals surface area contributed by atoms with E-state index in [-0.39, 0.29) is 0 Å². The van der Waals surface area contributed by atoms with Crippen LogP contribution in [-0.4, -0.2) is 0 Å². The molecule has 0 N–H and O–H groups in total. The van der Waals surface area contributed by atoms with Gasteiger partial charge in [0.05, 0.1) is 0 Å². The lowest BCUT2D eigenvalue weighted by atomic mass is 9.94. The molecule has 14 heavy (non-hydrogen) atoms. The van der Waals surface area contributed by atoms with E-state index < -0.39 is 0 Å². The Morgan fingerprint density at radius 2 is 1.79 bits per heavy atom. The molecule has 0 atom stereocenters. The standard InChI is InChI=1S/C14H20/c1-5-6-8-11(2)14-12(3)9-7-10-13(14)4/h7,9-10H,2,5-6,8H2,1,3-4H3. The molecule has 0 heteroatoms. The topological polar surface area (TPSA) is 0 Å². The summed E-state index contributed by atoms with van der Waals surface area (Å²) in [5.41, 5.74) is 5.38. The zero-order chi connectivity index (χ0) is 10.6. The van der Waals surface area contributed by atoms with Crippen LogP contribution in [0.5, 0.6) is 0 Å². The second kappa shape index (κ2) is 4.99. The summed E-state index contributed by atoms with van der Waals surface area (Å²) in [6, 6.07) is 6.44. The van der Waals surface area contributed by atoms with E-state index in [0.29, 0.717) is 0 Å². The van der Waals surface area contributed by atoms with Crippen molar-refractivity contribution in [2.45, 2.75) is 40.0 Å². The molecule has 0 aliphatic heterocycles. The summed E-state index contributed by atoms with van der Waals surface area (Å²) >= 11 is 0. The largest absolute Gasteiger partial charge is 0.0952 e. The Hall–Kier alpha value is -1.04. The highest BCUT2D eigenvalue weighted by Crippen LogP contribution is 2.25. The zero-order valence-corrected chi connectivity index (χ0v) is 9.56. The molecule has 0 amide bonds. The van der Waals surface area contributed by atoms with Crippen molar-refractivity contribution in [2.24, 2.45) is 0 Å². The molecule has 0 radical (unpaired) electrons. The third-order valence-corrected chi connectivity index (χ3v) is 2.67. The highest BCUT2D eigenvalue weighted by molar-refractivity contribution is 5.68. The summed E-state index contributed by atoms with van der Waals surface area (Å²) in [4.78, 5) is 0. The van der Waals surface area contributed by atoms with Crippen LogP contribution in [0.4, 0.5) is 0 Å². The summed E-state index contributed by atoms with van der Waals surface area (Å²) < 4.78 is 0. The summed E-state index contributed by atoms with van der Waals surface area (Å²) in [6.45, 7) is 10.7. The van der Waals surface area contributed by atoms with Crippen molar-refractivity contribution in [1.82, 2.24) is 0 Å². The lowest BCUT2D eigenvalue weighted by Crippen LogP contribution is -1.92. The minimum Gasteiger partial charge on any atom is -0.0952 e. The van der Waals surface area contributed by atoms with E-state index in [1.807, 2.05) is 0 Å². The first-order valence-corrected chi connectivity index (χ1v) is 5.41. The van der Waals surface area contributed by atoms with Gasteiger partial charge >= 0.3 is 0 Å². The number of allylic oxidation sites excluding steroid dienone is 1. The van der Waals surface area contributed by atoms with Gasteiger partial charge < -0.3 is 0 Å². The molecule has 0 heterocycles. The highest BCUT2D eigenvalue weighted by atomic mass is 14.1. The van der Waals surface area contributed by atoms with Crippen molar-refractivity contribution in [3.8, 4) is 0 Å². The van der Waals surface area contributed by atoms with E-state index in [9.17, 15) is 0 Å². The predicted octanol–water partition coefficient (Wildman–Crippen LogP) is 4.51. The minimum atomic E-state index is 1.13. The Balaban J connectivity index is 2.89. The van der Waals surface area contributed by atoms with Crippen LogP contribution in [-0.2, 0) is 0 Å². The molecule has 0 nitrogen and oxygen atoms in total. The van der Waals surface area contributed by atoms with Crippen molar-refractivity contribution in [3.05, 3.63) is 41.5 Å². The third kappa shape index (κ3) is 2.47. The van der Waals surface area contributed by atoms with Crippen molar-refractivity contribution in [3.63, 3.8) is 0 Å². The number of aryl methyl sites for hydroxylation is 2. The number of hydrogen-bond acceptors (Lipinski definition) is 0. The molecular formula is C14H20. The maximum Gasteiger partial charge on any atom is -0.0172 e. The predicted molar refractivity (Wildman–Crippen MR) is 64.5 cm³/mol. The van der Waals surface area contributed by atoms with Crippen LogP contribution in [0.15, 0.2) is 24.8 Å². The molecule has 0 aromatic heterocycles. The quantitative estimate of drug-likeness (QED) is 0.652. The maximum absolute atomic E-state index is 4.18. The Labute approximate surface area is 87.7 Å². The van der Waals surface area contributed by atoms with E-state index in [2.05, 4.69) is 45.5 Å². The molecule has 1 rings (SSSR count). The molecule has 0 bridgehead atoms. The highest BCUT2D eigenvalue weighted by Gasteiger charge is 2.04. The molecule has 1 aromatic rings. The molecule has 0 aliphatic rings. The number of unbranched alkanes of at least 4 members (excludes halogenated alkanes) is 1. The van der Waals surface area contributed by atoms with E-state index in [1.54, 1.807) is 0 Å². The van der Waals surface area contributed by atoms with Crippen LogP contribution in [0.1, 0.15) is 42.9 Å². The third-order valence-electron chi connectivity index (χ3n) is 2.67. The molecule has 0 saturated heterocycles. The first kappa shape index (κ1) is 11.0. The first-order valence-electron chi connectivity index (χ1n) is 5.41. The van der Waals surface area contributed by atoms with Gasteiger partial charge in [-0.2, -0.15) is 0 Å². The molecule has 0 saturated carbocycles. The van der Waals surface area contributed by atoms with Crippen molar-refractivity contribution < 1.29 is 0 Å². The van der Waals surface area contributed by atoms with Crippen LogP contribution in [0, 0.1) is 13.8 Å². The molecule has 0 spiro atoms. The summed E-state index contributed by atoms with van der Waals surface area (Å²) in [5, 5.41) is 0. The van der Waals surface area contributed by atoms with Gasteiger partial charge in [0.1, 0.15) is 0 Å². The van der Waals surface area contributed by atoms with Gasteiger partial charge in [0.2, 0.25) is 0 Å². The molecule has 1 aromatic carbocycles. The van der Waals surface area contributed by atoms with Crippen LogP contribution in [0.25, 0.3) is 5.57 Å². The Bertz CT molecular complexity index is 301. The second-order valence-corrected chi connectivity index (χ2v) is 3.97. The Morgan fingerprint density at radius 3 is 2.29 bits per heavy atom. The molecule has 76 valence electrons. The van der Waals surface area contributed by atoms with Crippen LogP contribution in [0.3, 0.4) is 0 Å². The summed E-state index contributed by atoms with van der Waals surface area (Å²) in [5.74, 6) is 0. The van der Waals surface area contributed by atoms with Gasteiger partial charge in [-0.15, -0.1) is 0 Å². The van der Waals surface area contributed by atoms with E-state index in [0.717, 1.165) is 6.42 Å². The Morgan fingerprint density at radius 1 is 1.21 bits per heavy atom. The Kier molecular flexibility index (Phi) is 3.94. The number of rotatable bonds is 4. The monoisotopic (exact) mass is 188 g/mol. The van der Waals surface area contributed by atoms with Crippen LogP contribution in [0.2, 0.25) is 0 Å². The molecular weight excluding hydrogens is 168 g/mol. The fraction of sp³-hybridized carbons (Fsp3) is 0.429. The summed E-state index contributed by atoms with van der Waals surface area (Å²) in [6.07, 6.45) is 3.61. The SMILES string of the molecule is C=C(CCCC)c1c(C)cccc1C. The fourth-order valence-electron chi connectivity index (χ4n) is 1.89. The van der Waals surface area contributed by atoms with E-state index in [4.69, 9.17) is 0 Å². The maximum atomic E-state index is 4.18.